The predicted octanol–water partition coefficient (Wildman–Crippen LogP) is 2.85. The highest BCUT2D eigenvalue weighted by molar-refractivity contribution is 9.10. The average Bonchev–Trinajstić information content (AvgIpc) is 2.12. The summed E-state index contributed by atoms with van der Waals surface area (Å²) in [4.78, 5) is 10.6. The lowest BCUT2D eigenvalue weighted by Crippen LogP contribution is -2.12. The average molecular weight is 261 g/mol. The number of aliphatic carboxylic acids is 1. The molecule has 0 aliphatic rings. The molecular weight excluding hydrogens is 251 g/mol. The Kier molecular flexibility index (Phi) is 3.63. The molecule has 0 saturated heterocycles. The number of halogens is 2. The van der Waals surface area contributed by atoms with Gasteiger partial charge in [-0.1, -0.05) is 19.1 Å². The quantitative estimate of drug-likeness (QED) is 0.908. The Morgan fingerprint density at radius 2 is 2.29 bits per heavy atom. The number of carbonyl (C=O) groups is 1. The first kappa shape index (κ1) is 11.2. The van der Waals surface area contributed by atoms with E-state index in [-0.39, 0.29) is 5.82 Å². The van der Waals surface area contributed by atoms with E-state index in [0.717, 1.165) is 0 Å². The first-order valence-corrected chi connectivity index (χ1v) is 4.97. The van der Waals surface area contributed by atoms with Crippen LogP contribution in [0.3, 0.4) is 0 Å². The summed E-state index contributed by atoms with van der Waals surface area (Å²) in [5.74, 6) is -1.74. The molecule has 2 nitrogen and oxygen atoms in total. The Bertz CT molecular complexity index is 352. The van der Waals surface area contributed by atoms with Crippen molar-refractivity contribution >= 4 is 21.9 Å². The molecule has 0 heterocycles. The molecule has 0 aliphatic carbocycles. The van der Waals surface area contributed by atoms with Gasteiger partial charge in [-0.3, -0.25) is 4.79 Å². The van der Waals surface area contributed by atoms with Gasteiger partial charge < -0.3 is 5.11 Å². The topological polar surface area (TPSA) is 37.3 Å². The highest BCUT2D eigenvalue weighted by Gasteiger charge is 2.14. The normalized spacial score (nSPS) is 12.5. The number of benzene rings is 1. The minimum atomic E-state index is -0.874. The molecule has 0 amide bonds. The number of rotatable bonds is 3. The monoisotopic (exact) mass is 260 g/mol. The lowest BCUT2D eigenvalue weighted by Gasteiger charge is -2.08. The molecule has 14 heavy (non-hydrogen) atoms. The smallest absolute Gasteiger partial charge is 0.306 e. The number of carboxylic acid groups (broad SMARTS) is 1. The van der Waals surface area contributed by atoms with Gasteiger partial charge in [0.15, 0.2) is 0 Å². The molecule has 0 saturated carbocycles. The largest absolute Gasteiger partial charge is 0.481 e. The van der Waals surface area contributed by atoms with Crippen molar-refractivity contribution in [2.75, 3.05) is 0 Å². The summed E-state index contributed by atoms with van der Waals surface area (Å²) in [6.45, 7) is 1.60. The predicted molar refractivity (Wildman–Crippen MR) is 54.6 cm³/mol. The Balaban J connectivity index is 2.87. The Morgan fingerprint density at radius 1 is 1.64 bits per heavy atom. The zero-order valence-electron chi connectivity index (χ0n) is 7.63. The molecule has 1 aromatic carbocycles. The van der Waals surface area contributed by atoms with Crippen molar-refractivity contribution in [1.82, 2.24) is 0 Å². The van der Waals surface area contributed by atoms with Crippen molar-refractivity contribution in [3.05, 3.63) is 34.1 Å². The van der Waals surface area contributed by atoms with Crippen molar-refractivity contribution in [2.24, 2.45) is 5.92 Å². The fourth-order valence-corrected chi connectivity index (χ4v) is 1.55. The maximum Gasteiger partial charge on any atom is 0.306 e. The van der Waals surface area contributed by atoms with Crippen LogP contribution in [0.25, 0.3) is 0 Å². The van der Waals surface area contributed by atoms with E-state index >= 15 is 0 Å². The van der Waals surface area contributed by atoms with Gasteiger partial charge in [0.05, 0.1) is 10.4 Å². The maximum atomic E-state index is 13.0. The van der Waals surface area contributed by atoms with E-state index in [4.69, 9.17) is 5.11 Å². The number of hydrogen-bond donors (Lipinski definition) is 1. The SMILES string of the molecule is CC(Cc1cccc(F)c1Br)C(=O)O. The third-order valence-electron chi connectivity index (χ3n) is 1.98. The molecule has 0 aliphatic heterocycles. The maximum absolute atomic E-state index is 13.0. The Hall–Kier alpha value is -0.900. The second-order valence-electron chi connectivity index (χ2n) is 3.16. The summed E-state index contributed by atoms with van der Waals surface area (Å²) in [7, 11) is 0. The summed E-state index contributed by atoms with van der Waals surface area (Å²) in [6, 6.07) is 4.62. The highest BCUT2D eigenvalue weighted by Crippen LogP contribution is 2.22. The van der Waals surface area contributed by atoms with Gasteiger partial charge in [-0.25, -0.2) is 4.39 Å². The van der Waals surface area contributed by atoms with Gasteiger partial charge in [0.1, 0.15) is 5.82 Å². The molecule has 1 unspecified atom stereocenters. The Morgan fingerprint density at radius 3 is 2.86 bits per heavy atom. The summed E-state index contributed by atoms with van der Waals surface area (Å²) in [6.07, 6.45) is 0.327. The first-order valence-electron chi connectivity index (χ1n) is 4.18. The van der Waals surface area contributed by atoms with Crippen LogP contribution in [-0.2, 0) is 11.2 Å². The summed E-state index contributed by atoms with van der Waals surface area (Å²) in [5.41, 5.74) is 0.680. The molecule has 76 valence electrons. The van der Waals surface area contributed by atoms with Crippen LogP contribution in [0.1, 0.15) is 12.5 Å². The molecule has 4 heteroatoms. The molecule has 0 radical (unpaired) electrons. The first-order chi connectivity index (χ1) is 6.52. The van der Waals surface area contributed by atoms with E-state index in [9.17, 15) is 9.18 Å². The molecule has 1 atom stereocenters. The zero-order chi connectivity index (χ0) is 10.7. The molecular formula is C10H10BrFO2. The lowest BCUT2D eigenvalue weighted by molar-refractivity contribution is -0.141. The number of carboxylic acids is 1. The van der Waals surface area contributed by atoms with Crippen LogP contribution in [0.4, 0.5) is 4.39 Å². The molecule has 1 rings (SSSR count). The van der Waals surface area contributed by atoms with E-state index < -0.39 is 11.9 Å². The van der Waals surface area contributed by atoms with Gasteiger partial charge in [-0.15, -0.1) is 0 Å². The van der Waals surface area contributed by atoms with E-state index in [1.165, 1.54) is 6.07 Å². The van der Waals surface area contributed by atoms with Crippen molar-refractivity contribution in [1.29, 1.82) is 0 Å². The third-order valence-corrected chi connectivity index (χ3v) is 2.87. The molecule has 0 fully saturated rings. The summed E-state index contributed by atoms with van der Waals surface area (Å²) < 4.78 is 13.4. The van der Waals surface area contributed by atoms with Crippen molar-refractivity contribution in [3.63, 3.8) is 0 Å². The van der Waals surface area contributed by atoms with Gasteiger partial charge >= 0.3 is 5.97 Å². The van der Waals surface area contributed by atoms with Gasteiger partial charge in [-0.2, -0.15) is 0 Å². The van der Waals surface area contributed by atoms with E-state index in [1.54, 1.807) is 19.1 Å². The van der Waals surface area contributed by atoms with Crippen LogP contribution < -0.4 is 0 Å². The molecule has 1 aromatic rings. The summed E-state index contributed by atoms with van der Waals surface area (Å²) >= 11 is 3.09. The molecule has 0 aromatic heterocycles. The van der Waals surface area contributed by atoms with Crippen LogP contribution in [0, 0.1) is 11.7 Å². The minimum absolute atomic E-state index is 0.327. The minimum Gasteiger partial charge on any atom is -0.481 e. The lowest BCUT2D eigenvalue weighted by atomic mass is 10.0. The van der Waals surface area contributed by atoms with Crippen LogP contribution in [0.2, 0.25) is 0 Å². The van der Waals surface area contributed by atoms with E-state index in [1.807, 2.05) is 0 Å². The second kappa shape index (κ2) is 4.55. The van der Waals surface area contributed by atoms with E-state index in [2.05, 4.69) is 15.9 Å². The van der Waals surface area contributed by atoms with Crippen LogP contribution in [-0.4, -0.2) is 11.1 Å². The van der Waals surface area contributed by atoms with Crippen LogP contribution in [0.5, 0.6) is 0 Å². The van der Waals surface area contributed by atoms with Crippen molar-refractivity contribution in [3.8, 4) is 0 Å². The van der Waals surface area contributed by atoms with Gasteiger partial charge in [0.2, 0.25) is 0 Å². The third kappa shape index (κ3) is 2.54. The van der Waals surface area contributed by atoms with Gasteiger partial charge in [-0.05, 0) is 34.0 Å². The van der Waals surface area contributed by atoms with E-state index in [0.29, 0.717) is 16.5 Å². The highest BCUT2D eigenvalue weighted by atomic mass is 79.9. The zero-order valence-corrected chi connectivity index (χ0v) is 9.21. The van der Waals surface area contributed by atoms with Gasteiger partial charge in [0, 0.05) is 0 Å². The van der Waals surface area contributed by atoms with Crippen molar-refractivity contribution < 1.29 is 14.3 Å². The van der Waals surface area contributed by atoms with Crippen LogP contribution >= 0.6 is 15.9 Å². The standard InChI is InChI=1S/C10H10BrFO2/c1-6(10(13)14)5-7-3-2-4-8(12)9(7)11/h2-4,6H,5H2,1H3,(H,13,14). The Labute approximate surface area is 89.9 Å². The summed E-state index contributed by atoms with van der Waals surface area (Å²) in [5, 5.41) is 8.69. The fraction of sp³-hybridized carbons (Fsp3) is 0.300. The fourth-order valence-electron chi connectivity index (χ4n) is 1.12. The number of hydrogen-bond acceptors (Lipinski definition) is 1. The van der Waals surface area contributed by atoms with Crippen LogP contribution in [0.15, 0.2) is 22.7 Å². The van der Waals surface area contributed by atoms with Crippen molar-refractivity contribution in [2.45, 2.75) is 13.3 Å². The van der Waals surface area contributed by atoms with Gasteiger partial charge in [0.25, 0.3) is 0 Å². The molecule has 1 N–H and O–H groups in total. The molecule has 0 spiro atoms. The molecule has 0 bridgehead atoms. The second-order valence-corrected chi connectivity index (χ2v) is 3.95.